The number of H-pyrrole nitrogens is 1. The number of likely N-dealkylation sites (tertiary alicyclic amines) is 1. The van der Waals surface area contributed by atoms with E-state index in [0.717, 1.165) is 24.9 Å². The third kappa shape index (κ3) is 3.05. The standard InChI is InChI=1S/C18H18FN5O/c19-14-6-4-13(5-7-14)17-16(11-20-22-17)18(25)24-10-1-3-15(24)12-23-9-2-8-21-23/h2,4-9,11,15H,1,3,10,12H2,(H,20,22). The lowest BCUT2D eigenvalue weighted by Gasteiger charge is -2.24. The molecule has 3 aromatic rings. The zero-order valence-corrected chi connectivity index (χ0v) is 13.6. The van der Waals surface area contributed by atoms with Gasteiger partial charge in [0, 0.05) is 24.5 Å². The number of amides is 1. The number of nitrogens with one attached hydrogen (secondary N) is 1. The maximum Gasteiger partial charge on any atom is 0.258 e. The summed E-state index contributed by atoms with van der Waals surface area (Å²) in [4.78, 5) is 15.0. The molecule has 1 N–H and O–H groups in total. The van der Waals surface area contributed by atoms with Gasteiger partial charge in [0.05, 0.1) is 30.0 Å². The highest BCUT2D eigenvalue weighted by molar-refractivity contribution is 6.00. The van der Waals surface area contributed by atoms with Crippen molar-refractivity contribution in [2.75, 3.05) is 6.54 Å². The molecule has 1 amide bonds. The smallest absolute Gasteiger partial charge is 0.258 e. The average molecular weight is 339 g/mol. The molecule has 1 fully saturated rings. The molecule has 0 bridgehead atoms. The fraction of sp³-hybridized carbons (Fsp3) is 0.278. The lowest BCUT2D eigenvalue weighted by atomic mass is 10.1. The number of hydrogen-bond acceptors (Lipinski definition) is 3. The Bertz CT molecular complexity index is 856. The van der Waals surface area contributed by atoms with Crippen molar-refractivity contribution < 1.29 is 9.18 Å². The van der Waals surface area contributed by atoms with Gasteiger partial charge in [-0.25, -0.2) is 4.39 Å². The maximum atomic E-state index is 13.2. The van der Waals surface area contributed by atoms with Crippen molar-refractivity contribution in [2.45, 2.75) is 25.4 Å². The summed E-state index contributed by atoms with van der Waals surface area (Å²) in [6.07, 6.45) is 7.12. The number of aromatic amines is 1. The van der Waals surface area contributed by atoms with Gasteiger partial charge in [-0.1, -0.05) is 0 Å². The highest BCUT2D eigenvalue weighted by Gasteiger charge is 2.31. The maximum absolute atomic E-state index is 13.2. The van der Waals surface area contributed by atoms with Gasteiger partial charge in [0.15, 0.2) is 0 Å². The van der Waals surface area contributed by atoms with Gasteiger partial charge in [-0.3, -0.25) is 14.6 Å². The van der Waals surface area contributed by atoms with Crippen LogP contribution in [0.1, 0.15) is 23.2 Å². The molecule has 7 heteroatoms. The van der Waals surface area contributed by atoms with Gasteiger partial charge < -0.3 is 4.90 Å². The number of hydrogen-bond donors (Lipinski definition) is 1. The van der Waals surface area contributed by atoms with E-state index in [1.54, 1.807) is 24.5 Å². The summed E-state index contributed by atoms with van der Waals surface area (Å²) < 4.78 is 15.0. The van der Waals surface area contributed by atoms with Crippen molar-refractivity contribution in [3.8, 4) is 11.3 Å². The van der Waals surface area contributed by atoms with Crippen LogP contribution in [0.25, 0.3) is 11.3 Å². The topological polar surface area (TPSA) is 66.8 Å². The molecule has 25 heavy (non-hydrogen) atoms. The number of nitrogens with zero attached hydrogens (tertiary/aromatic N) is 4. The third-order valence-electron chi connectivity index (χ3n) is 4.60. The van der Waals surface area contributed by atoms with Gasteiger partial charge in [0.1, 0.15) is 5.82 Å². The van der Waals surface area contributed by atoms with E-state index in [0.29, 0.717) is 17.8 Å². The number of rotatable bonds is 4. The molecule has 1 aromatic carbocycles. The number of carbonyl (C=O) groups excluding carboxylic acids is 1. The van der Waals surface area contributed by atoms with Crippen LogP contribution in [0.3, 0.4) is 0 Å². The van der Waals surface area contributed by atoms with Gasteiger partial charge in [-0.05, 0) is 43.2 Å². The highest BCUT2D eigenvalue weighted by Crippen LogP contribution is 2.26. The van der Waals surface area contributed by atoms with Gasteiger partial charge in [0.2, 0.25) is 0 Å². The van der Waals surface area contributed by atoms with Crippen molar-refractivity contribution >= 4 is 5.91 Å². The minimum Gasteiger partial charge on any atom is -0.334 e. The van der Waals surface area contributed by atoms with Crippen LogP contribution >= 0.6 is 0 Å². The Morgan fingerprint density at radius 3 is 2.92 bits per heavy atom. The summed E-state index contributed by atoms with van der Waals surface area (Å²) in [6, 6.07) is 8.03. The Labute approximate surface area is 144 Å². The molecule has 0 spiro atoms. The molecule has 3 heterocycles. The minimum absolute atomic E-state index is 0.0530. The molecule has 1 aliphatic heterocycles. The molecule has 1 saturated heterocycles. The normalized spacial score (nSPS) is 17.2. The Hall–Kier alpha value is -2.96. The van der Waals surface area contributed by atoms with Crippen molar-refractivity contribution in [1.82, 2.24) is 24.9 Å². The van der Waals surface area contributed by atoms with E-state index in [1.165, 1.54) is 12.1 Å². The molecule has 0 radical (unpaired) electrons. The van der Waals surface area contributed by atoms with Crippen LogP contribution in [0.2, 0.25) is 0 Å². The van der Waals surface area contributed by atoms with Crippen LogP contribution in [0.5, 0.6) is 0 Å². The summed E-state index contributed by atoms with van der Waals surface area (Å²) in [7, 11) is 0. The van der Waals surface area contributed by atoms with Crippen molar-refractivity contribution in [3.63, 3.8) is 0 Å². The van der Waals surface area contributed by atoms with Crippen molar-refractivity contribution in [3.05, 3.63) is 60.3 Å². The van der Waals surface area contributed by atoms with Gasteiger partial charge in [-0.2, -0.15) is 10.2 Å². The van der Waals surface area contributed by atoms with Crippen molar-refractivity contribution in [2.24, 2.45) is 0 Å². The zero-order valence-electron chi connectivity index (χ0n) is 13.6. The summed E-state index contributed by atoms with van der Waals surface area (Å²) in [5.74, 6) is -0.363. The fourth-order valence-corrected chi connectivity index (χ4v) is 3.36. The number of halogens is 1. The van der Waals surface area contributed by atoms with Crippen LogP contribution < -0.4 is 0 Å². The van der Waals surface area contributed by atoms with Gasteiger partial charge >= 0.3 is 0 Å². The SMILES string of the molecule is O=C(c1cn[nH]c1-c1ccc(F)cc1)N1CCCC1Cn1cccn1. The first-order valence-electron chi connectivity index (χ1n) is 8.30. The molecule has 128 valence electrons. The quantitative estimate of drug-likeness (QED) is 0.795. The van der Waals surface area contributed by atoms with Crippen molar-refractivity contribution in [1.29, 1.82) is 0 Å². The first-order chi connectivity index (χ1) is 12.2. The van der Waals surface area contributed by atoms with E-state index in [-0.39, 0.29) is 17.8 Å². The second kappa shape index (κ2) is 6.51. The van der Waals surface area contributed by atoms with E-state index in [2.05, 4.69) is 15.3 Å². The van der Waals surface area contributed by atoms with E-state index >= 15 is 0 Å². The lowest BCUT2D eigenvalue weighted by Crippen LogP contribution is -2.38. The van der Waals surface area contributed by atoms with E-state index in [9.17, 15) is 9.18 Å². The lowest BCUT2D eigenvalue weighted by molar-refractivity contribution is 0.0722. The molecule has 0 saturated carbocycles. The van der Waals surface area contributed by atoms with Crippen LogP contribution in [0, 0.1) is 5.82 Å². The summed E-state index contributed by atoms with van der Waals surface area (Å²) >= 11 is 0. The molecule has 4 rings (SSSR count). The summed E-state index contributed by atoms with van der Waals surface area (Å²) in [5.41, 5.74) is 1.87. The minimum atomic E-state index is -0.310. The van der Waals surface area contributed by atoms with E-state index in [4.69, 9.17) is 0 Å². The predicted molar refractivity (Wildman–Crippen MR) is 90.3 cm³/mol. The average Bonchev–Trinajstić information content (AvgIpc) is 3.37. The van der Waals surface area contributed by atoms with Crippen LogP contribution in [-0.4, -0.2) is 43.4 Å². The molecule has 1 atom stereocenters. The number of benzene rings is 1. The second-order valence-electron chi connectivity index (χ2n) is 6.19. The Morgan fingerprint density at radius 1 is 1.32 bits per heavy atom. The zero-order chi connectivity index (χ0) is 17.2. The van der Waals surface area contributed by atoms with Crippen LogP contribution in [0.15, 0.2) is 48.9 Å². The molecule has 2 aromatic heterocycles. The fourth-order valence-electron chi connectivity index (χ4n) is 3.36. The van der Waals surface area contributed by atoms with Gasteiger partial charge in [-0.15, -0.1) is 0 Å². The Kier molecular flexibility index (Phi) is 4.05. The first kappa shape index (κ1) is 15.6. The predicted octanol–water partition coefficient (Wildman–Crippen LogP) is 2.72. The Morgan fingerprint density at radius 2 is 2.16 bits per heavy atom. The number of aromatic nitrogens is 4. The third-order valence-corrected chi connectivity index (χ3v) is 4.60. The molecule has 6 nitrogen and oxygen atoms in total. The Balaban J connectivity index is 1.58. The first-order valence-corrected chi connectivity index (χ1v) is 8.30. The number of carbonyl (C=O) groups is 1. The molecule has 1 unspecified atom stereocenters. The monoisotopic (exact) mass is 339 g/mol. The summed E-state index contributed by atoms with van der Waals surface area (Å²) in [5, 5.41) is 11.1. The summed E-state index contributed by atoms with van der Waals surface area (Å²) in [6.45, 7) is 1.40. The van der Waals surface area contributed by atoms with Crippen LogP contribution in [0.4, 0.5) is 4.39 Å². The van der Waals surface area contributed by atoms with E-state index in [1.807, 2.05) is 21.8 Å². The molecule has 0 aliphatic carbocycles. The largest absolute Gasteiger partial charge is 0.334 e. The highest BCUT2D eigenvalue weighted by atomic mass is 19.1. The van der Waals surface area contributed by atoms with Gasteiger partial charge in [0.25, 0.3) is 5.91 Å². The van der Waals surface area contributed by atoms with Crippen LogP contribution in [-0.2, 0) is 6.54 Å². The second-order valence-corrected chi connectivity index (χ2v) is 6.19. The molecular formula is C18H18FN5O. The molecular weight excluding hydrogens is 321 g/mol. The van der Waals surface area contributed by atoms with E-state index < -0.39 is 0 Å². The molecule has 1 aliphatic rings.